The highest BCUT2D eigenvalue weighted by atomic mass is 32.2. The van der Waals surface area contributed by atoms with Crippen LogP contribution >= 0.6 is 0 Å². The average Bonchev–Trinajstić information content (AvgIpc) is 2.32. The predicted octanol–water partition coefficient (Wildman–Crippen LogP) is 1.38. The second kappa shape index (κ2) is 6.12. The fourth-order valence-electron chi connectivity index (χ4n) is 1.59. The van der Waals surface area contributed by atoms with E-state index in [4.69, 9.17) is 10.2 Å². The Morgan fingerprint density at radius 1 is 1.32 bits per heavy atom. The largest absolute Gasteiger partial charge is 0.478 e. The molecule has 7 heteroatoms. The molecule has 106 valence electrons. The molecule has 0 saturated carbocycles. The van der Waals surface area contributed by atoms with Crippen LogP contribution in [-0.2, 0) is 9.84 Å². The summed E-state index contributed by atoms with van der Waals surface area (Å²) in [7, 11) is -3.67. The fourth-order valence-corrected chi connectivity index (χ4v) is 3.07. The third-order valence-corrected chi connectivity index (χ3v) is 4.42. The molecule has 0 atom stereocenters. The molecule has 0 heterocycles. The van der Waals surface area contributed by atoms with Crippen molar-refractivity contribution in [1.82, 2.24) is 0 Å². The number of aromatic carboxylic acids is 1. The first kappa shape index (κ1) is 15.6. The quantitative estimate of drug-likeness (QED) is 0.610. The molecule has 0 aliphatic heterocycles. The predicted molar refractivity (Wildman–Crippen MR) is 66.5 cm³/mol. The summed E-state index contributed by atoms with van der Waals surface area (Å²) in [6.45, 7) is 1.20. The number of halogens is 1. The minimum Gasteiger partial charge on any atom is -0.478 e. The molecule has 1 rings (SSSR count). The number of carboxylic acids is 1. The zero-order valence-electron chi connectivity index (χ0n) is 10.4. The van der Waals surface area contributed by atoms with Crippen LogP contribution < -0.4 is 0 Å². The third kappa shape index (κ3) is 3.74. The summed E-state index contributed by atoms with van der Waals surface area (Å²) in [5, 5.41) is 17.4. The van der Waals surface area contributed by atoms with Crippen molar-refractivity contribution in [3.63, 3.8) is 0 Å². The summed E-state index contributed by atoms with van der Waals surface area (Å²) in [5.41, 5.74) is -0.679. The normalized spacial score (nSPS) is 11.5. The number of unbranched alkanes of at least 4 members (excludes halogenated alkanes) is 1. The average molecular weight is 290 g/mol. The molecule has 2 N–H and O–H groups in total. The fraction of sp³-hybridized carbons (Fsp3) is 0.417. The van der Waals surface area contributed by atoms with Gasteiger partial charge in [0.15, 0.2) is 9.84 Å². The van der Waals surface area contributed by atoms with Gasteiger partial charge in [-0.1, -0.05) is 0 Å². The van der Waals surface area contributed by atoms with E-state index >= 15 is 0 Å². The lowest BCUT2D eigenvalue weighted by Gasteiger charge is -2.08. The molecule has 5 nitrogen and oxygen atoms in total. The van der Waals surface area contributed by atoms with Gasteiger partial charge in [0.05, 0.1) is 16.2 Å². The smallest absolute Gasteiger partial charge is 0.338 e. The number of hydrogen-bond acceptors (Lipinski definition) is 4. The Morgan fingerprint density at radius 3 is 2.47 bits per heavy atom. The minimum absolute atomic E-state index is 0.0272. The molecule has 0 bridgehead atoms. The number of hydrogen-bond donors (Lipinski definition) is 2. The molecule has 0 spiro atoms. The molecule has 19 heavy (non-hydrogen) atoms. The molecule has 1 aromatic rings. The maximum Gasteiger partial charge on any atom is 0.338 e. The van der Waals surface area contributed by atoms with E-state index in [0.29, 0.717) is 6.42 Å². The van der Waals surface area contributed by atoms with Gasteiger partial charge < -0.3 is 10.2 Å². The second-order valence-electron chi connectivity index (χ2n) is 4.16. The monoisotopic (exact) mass is 290 g/mol. The van der Waals surface area contributed by atoms with Gasteiger partial charge in [-0.25, -0.2) is 17.6 Å². The van der Waals surface area contributed by atoms with E-state index in [1.807, 2.05) is 0 Å². The zero-order valence-corrected chi connectivity index (χ0v) is 11.2. The first-order valence-electron chi connectivity index (χ1n) is 5.66. The molecular weight excluding hydrogens is 275 g/mol. The minimum atomic E-state index is -3.67. The Balaban J connectivity index is 3.17. The summed E-state index contributed by atoms with van der Waals surface area (Å²) < 4.78 is 37.4. The van der Waals surface area contributed by atoms with Gasteiger partial charge in [-0.3, -0.25) is 0 Å². The molecule has 0 aliphatic rings. The van der Waals surface area contributed by atoms with Crippen molar-refractivity contribution in [1.29, 1.82) is 0 Å². The van der Waals surface area contributed by atoms with Crippen molar-refractivity contribution in [3.8, 4) is 0 Å². The topological polar surface area (TPSA) is 91.7 Å². The Labute approximate surface area is 110 Å². The van der Waals surface area contributed by atoms with E-state index in [1.54, 1.807) is 0 Å². The Kier molecular flexibility index (Phi) is 5.02. The summed E-state index contributed by atoms with van der Waals surface area (Å²) >= 11 is 0. The van der Waals surface area contributed by atoms with Gasteiger partial charge in [0.2, 0.25) is 0 Å². The lowest BCUT2D eigenvalue weighted by Crippen LogP contribution is -2.11. The van der Waals surface area contributed by atoms with Crippen LogP contribution in [0, 0.1) is 12.7 Å². The van der Waals surface area contributed by atoms with Crippen LogP contribution in [0.1, 0.15) is 28.8 Å². The Bertz CT molecular complexity index is 580. The molecule has 0 aliphatic carbocycles. The number of rotatable bonds is 6. The number of benzene rings is 1. The van der Waals surface area contributed by atoms with Crippen molar-refractivity contribution in [2.75, 3.05) is 12.4 Å². The highest BCUT2D eigenvalue weighted by molar-refractivity contribution is 7.91. The molecule has 0 unspecified atom stereocenters. The molecular formula is C12H15FO5S. The maximum atomic E-state index is 13.5. The SMILES string of the molecule is Cc1cc(S(=O)(=O)CCCCO)cc(C(=O)O)c1F. The second-order valence-corrected chi connectivity index (χ2v) is 6.27. The van der Waals surface area contributed by atoms with Gasteiger partial charge in [-0.15, -0.1) is 0 Å². The van der Waals surface area contributed by atoms with E-state index in [0.717, 1.165) is 12.1 Å². The number of sulfone groups is 1. The third-order valence-electron chi connectivity index (χ3n) is 2.64. The Hall–Kier alpha value is -1.47. The first-order chi connectivity index (χ1) is 8.79. The maximum absolute atomic E-state index is 13.5. The molecule has 0 radical (unpaired) electrons. The summed E-state index contributed by atoms with van der Waals surface area (Å²) in [6, 6.07) is 1.95. The number of carbonyl (C=O) groups is 1. The molecule has 0 amide bonds. The van der Waals surface area contributed by atoms with Crippen LogP contribution in [0.15, 0.2) is 17.0 Å². The van der Waals surface area contributed by atoms with Crippen LogP contribution in [0.3, 0.4) is 0 Å². The zero-order chi connectivity index (χ0) is 14.6. The van der Waals surface area contributed by atoms with E-state index in [1.165, 1.54) is 6.92 Å². The van der Waals surface area contributed by atoms with Crippen molar-refractivity contribution in [3.05, 3.63) is 29.1 Å². The highest BCUT2D eigenvalue weighted by Gasteiger charge is 2.20. The van der Waals surface area contributed by atoms with Gasteiger partial charge in [-0.05, 0) is 37.5 Å². The van der Waals surface area contributed by atoms with Crippen LogP contribution in [0.4, 0.5) is 4.39 Å². The van der Waals surface area contributed by atoms with Crippen molar-refractivity contribution in [2.45, 2.75) is 24.7 Å². The van der Waals surface area contributed by atoms with Crippen LogP contribution in [0.5, 0.6) is 0 Å². The number of aliphatic hydroxyl groups excluding tert-OH is 1. The molecule has 1 aromatic carbocycles. The molecule has 0 fully saturated rings. The molecule has 0 aromatic heterocycles. The number of aryl methyl sites for hydroxylation is 1. The summed E-state index contributed by atoms with van der Waals surface area (Å²) in [4.78, 5) is 10.6. The Morgan fingerprint density at radius 2 is 1.95 bits per heavy atom. The van der Waals surface area contributed by atoms with E-state index in [-0.39, 0.29) is 29.2 Å². The van der Waals surface area contributed by atoms with Crippen molar-refractivity contribution >= 4 is 15.8 Å². The van der Waals surface area contributed by atoms with Crippen LogP contribution in [0.25, 0.3) is 0 Å². The lowest BCUT2D eigenvalue weighted by molar-refractivity contribution is 0.0691. The van der Waals surface area contributed by atoms with Gasteiger partial charge in [0, 0.05) is 6.61 Å². The van der Waals surface area contributed by atoms with Crippen molar-refractivity contribution < 1.29 is 27.8 Å². The van der Waals surface area contributed by atoms with E-state index in [2.05, 4.69) is 0 Å². The van der Waals surface area contributed by atoms with Crippen molar-refractivity contribution in [2.24, 2.45) is 0 Å². The first-order valence-corrected chi connectivity index (χ1v) is 7.32. The number of aliphatic hydroxyl groups is 1. The summed E-state index contributed by atoms with van der Waals surface area (Å²) in [5.74, 6) is -2.65. The van der Waals surface area contributed by atoms with E-state index in [9.17, 15) is 17.6 Å². The lowest BCUT2D eigenvalue weighted by atomic mass is 10.1. The summed E-state index contributed by atoms with van der Waals surface area (Å²) in [6.07, 6.45) is 0.600. The van der Waals surface area contributed by atoms with Gasteiger partial charge in [0.1, 0.15) is 5.82 Å². The van der Waals surface area contributed by atoms with Gasteiger partial charge in [0.25, 0.3) is 0 Å². The standard InChI is InChI=1S/C12H15FO5S/c1-8-6-9(7-10(11(8)13)12(15)16)19(17,18)5-3-2-4-14/h6-7,14H,2-5H2,1H3,(H,15,16). The highest BCUT2D eigenvalue weighted by Crippen LogP contribution is 2.21. The molecule has 0 saturated heterocycles. The van der Waals surface area contributed by atoms with Gasteiger partial charge in [-0.2, -0.15) is 0 Å². The van der Waals surface area contributed by atoms with Gasteiger partial charge >= 0.3 is 5.97 Å². The number of carboxylic acid groups (broad SMARTS) is 1. The van der Waals surface area contributed by atoms with E-state index < -0.39 is 27.2 Å². The van der Waals surface area contributed by atoms with Crippen LogP contribution in [-0.4, -0.2) is 37.0 Å². The van der Waals surface area contributed by atoms with Crippen LogP contribution in [0.2, 0.25) is 0 Å².